The van der Waals surface area contributed by atoms with Crippen molar-refractivity contribution in [2.45, 2.75) is 32.7 Å². The summed E-state index contributed by atoms with van der Waals surface area (Å²) in [5.41, 5.74) is 2.31. The van der Waals surface area contributed by atoms with Crippen molar-refractivity contribution in [2.24, 2.45) is 0 Å². The molecule has 3 aromatic rings. The number of rotatable bonds is 7. The van der Waals surface area contributed by atoms with E-state index in [0.717, 1.165) is 23.3 Å². The summed E-state index contributed by atoms with van der Waals surface area (Å²) in [5, 5.41) is 4.90. The Kier molecular flexibility index (Phi) is 7.10. The maximum Gasteiger partial charge on any atom is 0.221 e. The number of nitrogens with one attached hydrogen (secondary N) is 1. The van der Waals surface area contributed by atoms with E-state index in [2.05, 4.69) is 5.32 Å². The Labute approximate surface area is 183 Å². The Bertz CT molecular complexity index is 996. The van der Waals surface area contributed by atoms with E-state index in [1.807, 2.05) is 11.5 Å². The van der Waals surface area contributed by atoms with E-state index in [9.17, 15) is 4.79 Å². The maximum absolute atomic E-state index is 12.1. The van der Waals surface area contributed by atoms with Crippen LogP contribution >= 0.6 is 46.4 Å². The number of fused-ring (bicyclic) bond motifs is 1. The van der Waals surface area contributed by atoms with Gasteiger partial charge in [-0.05, 0) is 36.2 Å². The molecule has 0 saturated carbocycles. The van der Waals surface area contributed by atoms with Crippen molar-refractivity contribution >= 4 is 63.3 Å². The SMILES string of the molecule is CCCNC(=O)CCn1c(Cc2c(Cl)cccc2Cl)nc2cc(Cl)c(Cl)cc21. The van der Waals surface area contributed by atoms with Crippen LogP contribution < -0.4 is 5.32 Å². The lowest BCUT2D eigenvalue weighted by Gasteiger charge is -2.11. The Morgan fingerprint density at radius 2 is 1.75 bits per heavy atom. The van der Waals surface area contributed by atoms with E-state index in [1.165, 1.54) is 0 Å². The van der Waals surface area contributed by atoms with Crippen LogP contribution in [0.3, 0.4) is 0 Å². The van der Waals surface area contributed by atoms with Gasteiger partial charge in [0.05, 0.1) is 21.1 Å². The highest BCUT2D eigenvalue weighted by molar-refractivity contribution is 6.42. The third-order valence-electron chi connectivity index (χ3n) is 4.40. The first-order valence-electron chi connectivity index (χ1n) is 8.94. The summed E-state index contributed by atoms with van der Waals surface area (Å²) in [6, 6.07) is 8.89. The minimum Gasteiger partial charge on any atom is -0.356 e. The lowest BCUT2D eigenvalue weighted by molar-refractivity contribution is -0.121. The molecular formula is C20H19Cl4N3O. The second kappa shape index (κ2) is 9.36. The number of hydrogen-bond donors (Lipinski definition) is 1. The highest BCUT2D eigenvalue weighted by Gasteiger charge is 2.17. The van der Waals surface area contributed by atoms with Crippen molar-refractivity contribution in [1.82, 2.24) is 14.9 Å². The van der Waals surface area contributed by atoms with Gasteiger partial charge < -0.3 is 9.88 Å². The van der Waals surface area contributed by atoms with Gasteiger partial charge in [-0.3, -0.25) is 4.79 Å². The zero-order valence-corrected chi connectivity index (χ0v) is 18.3. The molecule has 0 fully saturated rings. The van der Waals surface area contributed by atoms with Gasteiger partial charge in [0, 0.05) is 36.0 Å². The molecule has 28 heavy (non-hydrogen) atoms. The Morgan fingerprint density at radius 1 is 1.07 bits per heavy atom. The molecule has 0 spiro atoms. The van der Waals surface area contributed by atoms with Crippen LogP contribution in [-0.4, -0.2) is 22.0 Å². The van der Waals surface area contributed by atoms with Crippen molar-refractivity contribution in [1.29, 1.82) is 0 Å². The predicted octanol–water partition coefficient (Wildman–Crippen LogP) is 6.16. The third-order valence-corrected chi connectivity index (χ3v) is 5.83. The van der Waals surface area contributed by atoms with E-state index in [0.29, 0.717) is 51.5 Å². The van der Waals surface area contributed by atoms with Crippen molar-refractivity contribution in [3.05, 3.63) is 61.8 Å². The van der Waals surface area contributed by atoms with Gasteiger partial charge in [0.15, 0.2) is 0 Å². The number of imidazole rings is 1. The second-order valence-electron chi connectivity index (χ2n) is 6.41. The zero-order chi connectivity index (χ0) is 20.3. The monoisotopic (exact) mass is 457 g/mol. The van der Waals surface area contributed by atoms with Crippen LogP contribution in [0.2, 0.25) is 20.1 Å². The molecule has 0 aliphatic carbocycles. The van der Waals surface area contributed by atoms with Crippen LogP contribution in [0.25, 0.3) is 11.0 Å². The zero-order valence-electron chi connectivity index (χ0n) is 15.2. The molecule has 1 aromatic heterocycles. The molecule has 0 aliphatic heterocycles. The summed E-state index contributed by atoms with van der Waals surface area (Å²) in [6.45, 7) is 3.13. The van der Waals surface area contributed by atoms with Gasteiger partial charge in [0.2, 0.25) is 5.91 Å². The molecule has 1 N–H and O–H groups in total. The average Bonchev–Trinajstić information content (AvgIpc) is 2.98. The van der Waals surface area contributed by atoms with Crippen LogP contribution in [-0.2, 0) is 17.8 Å². The first kappa shape index (κ1) is 21.3. The van der Waals surface area contributed by atoms with Gasteiger partial charge in [0.25, 0.3) is 0 Å². The van der Waals surface area contributed by atoms with Gasteiger partial charge in [-0.25, -0.2) is 4.98 Å². The van der Waals surface area contributed by atoms with Crippen molar-refractivity contribution in [2.75, 3.05) is 6.54 Å². The Balaban J connectivity index is 1.99. The van der Waals surface area contributed by atoms with Gasteiger partial charge >= 0.3 is 0 Å². The first-order valence-corrected chi connectivity index (χ1v) is 10.5. The van der Waals surface area contributed by atoms with E-state index >= 15 is 0 Å². The Morgan fingerprint density at radius 3 is 2.43 bits per heavy atom. The average molecular weight is 459 g/mol. The summed E-state index contributed by atoms with van der Waals surface area (Å²) < 4.78 is 1.97. The van der Waals surface area contributed by atoms with Crippen LogP contribution in [0, 0.1) is 0 Å². The number of benzene rings is 2. The quantitative estimate of drug-likeness (QED) is 0.461. The van der Waals surface area contributed by atoms with E-state index in [4.69, 9.17) is 51.4 Å². The van der Waals surface area contributed by atoms with Crippen LogP contribution in [0.15, 0.2) is 30.3 Å². The molecule has 0 unspecified atom stereocenters. The summed E-state index contributed by atoms with van der Waals surface area (Å²) in [4.78, 5) is 16.8. The molecule has 8 heteroatoms. The molecule has 0 saturated heterocycles. The number of amides is 1. The number of nitrogens with zero attached hydrogens (tertiary/aromatic N) is 2. The van der Waals surface area contributed by atoms with Gasteiger partial charge in [-0.15, -0.1) is 0 Å². The van der Waals surface area contributed by atoms with Crippen molar-refractivity contribution in [3.63, 3.8) is 0 Å². The number of carbonyl (C=O) groups is 1. The minimum atomic E-state index is -0.00881. The molecule has 0 bridgehead atoms. The van der Waals surface area contributed by atoms with Crippen LogP contribution in [0.5, 0.6) is 0 Å². The van der Waals surface area contributed by atoms with Crippen LogP contribution in [0.1, 0.15) is 31.2 Å². The highest BCUT2D eigenvalue weighted by Crippen LogP contribution is 2.31. The molecule has 0 radical (unpaired) electrons. The second-order valence-corrected chi connectivity index (χ2v) is 8.04. The van der Waals surface area contributed by atoms with Gasteiger partial charge in [0.1, 0.15) is 5.82 Å². The van der Waals surface area contributed by atoms with E-state index in [-0.39, 0.29) is 5.91 Å². The summed E-state index contributed by atoms with van der Waals surface area (Å²) in [7, 11) is 0. The third kappa shape index (κ3) is 4.74. The van der Waals surface area contributed by atoms with Crippen molar-refractivity contribution < 1.29 is 4.79 Å². The lowest BCUT2D eigenvalue weighted by atomic mass is 10.1. The molecule has 1 heterocycles. The van der Waals surface area contributed by atoms with Gasteiger partial charge in [-0.1, -0.05) is 59.4 Å². The van der Waals surface area contributed by atoms with E-state index in [1.54, 1.807) is 30.3 Å². The fourth-order valence-corrected chi connectivity index (χ4v) is 3.83. The number of aryl methyl sites for hydroxylation is 1. The standard InChI is InChI=1S/C20H19Cl4N3O/c1-2-7-25-20(28)6-8-27-18-11-16(24)15(23)10-17(18)26-19(27)9-12-13(21)4-3-5-14(12)22/h3-5,10-11H,2,6-9H2,1H3,(H,25,28). The first-order chi connectivity index (χ1) is 13.4. The normalized spacial score (nSPS) is 11.2. The summed E-state index contributed by atoms with van der Waals surface area (Å²) in [6.07, 6.45) is 1.65. The molecule has 2 aromatic carbocycles. The summed E-state index contributed by atoms with van der Waals surface area (Å²) in [5.74, 6) is 0.733. The maximum atomic E-state index is 12.1. The van der Waals surface area contributed by atoms with E-state index < -0.39 is 0 Å². The fraction of sp³-hybridized carbons (Fsp3) is 0.300. The molecule has 3 rings (SSSR count). The largest absolute Gasteiger partial charge is 0.356 e. The number of halogens is 4. The number of hydrogen-bond acceptors (Lipinski definition) is 2. The predicted molar refractivity (Wildman–Crippen MR) is 117 cm³/mol. The highest BCUT2D eigenvalue weighted by atomic mass is 35.5. The van der Waals surface area contributed by atoms with Crippen LogP contribution in [0.4, 0.5) is 0 Å². The van der Waals surface area contributed by atoms with Gasteiger partial charge in [-0.2, -0.15) is 0 Å². The molecule has 0 aliphatic rings. The number of aromatic nitrogens is 2. The molecule has 0 atom stereocenters. The lowest BCUT2D eigenvalue weighted by Crippen LogP contribution is -2.25. The summed E-state index contributed by atoms with van der Waals surface area (Å²) >= 11 is 25.0. The fourth-order valence-electron chi connectivity index (χ4n) is 2.98. The Hall–Kier alpha value is -1.46. The van der Waals surface area contributed by atoms with Crippen molar-refractivity contribution in [3.8, 4) is 0 Å². The molecular weight excluding hydrogens is 440 g/mol. The minimum absolute atomic E-state index is 0.00881. The molecule has 1 amide bonds. The topological polar surface area (TPSA) is 46.9 Å². The molecule has 148 valence electrons. The molecule has 4 nitrogen and oxygen atoms in total. The smallest absolute Gasteiger partial charge is 0.221 e. The number of carbonyl (C=O) groups excluding carboxylic acids is 1.